The summed E-state index contributed by atoms with van der Waals surface area (Å²) in [4.78, 5) is 1.35. The number of aromatic nitrogens is 1. The summed E-state index contributed by atoms with van der Waals surface area (Å²) >= 11 is 0. The summed E-state index contributed by atoms with van der Waals surface area (Å²) in [5, 5.41) is 0. The Kier molecular flexibility index (Phi) is 2.43. The van der Waals surface area contributed by atoms with Gasteiger partial charge in [-0.25, -0.2) is 0 Å². The molecule has 0 saturated heterocycles. The first kappa shape index (κ1) is 9.78. The number of nitrogens with zero attached hydrogens (tertiary/aromatic N) is 1. The Labute approximate surface area is 98.4 Å². The Balaban J connectivity index is 1.77. The molecule has 0 fully saturated rings. The average Bonchev–Trinajstić information content (AvgIpc) is 3.23. The molecule has 1 aromatic heterocycles. The molecule has 3 rings (SSSR count). The van der Waals surface area contributed by atoms with Gasteiger partial charge in [-0.05, 0) is 23.3 Å². The van der Waals surface area contributed by atoms with E-state index in [0.29, 0.717) is 0 Å². The molecule has 2 aromatic carbocycles. The lowest BCUT2D eigenvalue weighted by Crippen LogP contribution is -1.80. The van der Waals surface area contributed by atoms with Gasteiger partial charge in [0.2, 0.25) is 0 Å². The molecule has 84 valence electrons. The van der Waals surface area contributed by atoms with Crippen molar-refractivity contribution in [1.29, 1.82) is 0 Å². The molecule has 0 saturated carbocycles. The second-order valence-electron chi connectivity index (χ2n) is 3.74. The first-order valence-electron chi connectivity index (χ1n) is 5.40. The van der Waals surface area contributed by atoms with Crippen molar-refractivity contribution in [3.8, 4) is 5.69 Å². The van der Waals surface area contributed by atoms with Gasteiger partial charge in [0.25, 0.3) is 0 Å². The minimum absolute atomic E-state index is 0.891. The predicted octanol–water partition coefficient (Wildman–Crippen LogP) is 3.83. The summed E-state index contributed by atoms with van der Waals surface area (Å²) in [6.45, 7) is 0. The maximum absolute atomic E-state index is 4.58. The second-order valence-corrected chi connectivity index (χ2v) is 3.74. The van der Waals surface area contributed by atoms with Crippen LogP contribution in [0.4, 0.5) is 0 Å². The number of rotatable bonds is 3. The van der Waals surface area contributed by atoms with Crippen molar-refractivity contribution in [3.05, 3.63) is 65.7 Å². The van der Waals surface area contributed by atoms with Crippen LogP contribution in [0, 0.1) is 0 Å². The van der Waals surface area contributed by atoms with E-state index in [9.17, 15) is 0 Å². The molecule has 0 radical (unpaired) electrons. The molecule has 0 aliphatic carbocycles. The minimum Gasteiger partial charge on any atom is -0.127 e. The smallest absolute Gasteiger partial charge is 0.127 e. The zero-order valence-corrected chi connectivity index (χ0v) is 9.11. The van der Waals surface area contributed by atoms with Gasteiger partial charge in [0, 0.05) is 0 Å². The van der Waals surface area contributed by atoms with Crippen LogP contribution >= 0.6 is 0 Å². The third-order valence-electron chi connectivity index (χ3n) is 2.52. The minimum atomic E-state index is 0.891. The van der Waals surface area contributed by atoms with Crippen LogP contribution in [0.2, 0.25) is 0 Å². The Hall–Kier alpha value is -2.42. The zero-order valence-electron chi connectivity index (χ0n) is 9.11. The van der Waals surface area contributed by atoms with Gasteiger partial charge in [0.15, 0.2) is 0 Å². The standard InChI is InChI=1S/C14H11NO2/c1-2-4-12(5-3-1)6-7-13-8-10-14(11-9-13)15-16-17-15/h1-11H/b7-6+. The van der Waals surface area contributed by atoms with E-state index >= 15 is 0 Å². The summed E-state index contributed by atoms with van der Waals surface area (Å²) in [5.41, 5.74) is 3.22. The Morgan fingerprint density at radius 2 is 1.29 bits per heavy atom. The van der Waals surface area contributed by atoms with E-state index in [1.807, 2.05) is 42.5 Å². The van der Waals surface area contributed by atoms with E-state index in [1.165, 1.54) is 10.5 Å². The number of hydrogen-bond donors (Lipinski definition) is 0. The largest absolute Gasteiger partial charge is 0.127 e. The van der Waals surface area contributed by atoms with Crippen molar-refractivity contribution in [1.82, 2.24) is 4.91 Å². The van der Waals surface area contributed by atoms with Gasteiger partial charge in [-0.2, -0.15) is 0 Å². The van der Waals surface area contributed by atoms with E-state index in [2.05, 4.69) is 33.6 Å². The highest BCUT2D eigenvalue weighted by atomic mass is 17.3. The SMILES string of the molecule is C(=C\c1ccc(-n2oo2)cc1)/c1ccccc1. The van der Waals surface area contributed by atoms with E-state index in [4.69, 9.17) is 0 Å². The molecule has 3 aromatic rings. The van der Waals surface area contributed by atoms with Crippen LogP contribution in [0.1, 0.15) is 11.1 Å². The highest BCUT2D eigenvalue weighted by Gasteiger charge is 2.04. The third-order valence-corrected chi connectivity index (χ3v) is 2.52. The molecule has 0 aliphatic rings. The first-order chi connectivity index (χ1) is 8.42. The molecule has 0 aliphatic heterocycles. The zero-order chi connectivity index (χ0) is 11.5. The third kappa shape index (κ3) is 2.39. The maximum Gasteiger partial charge on any atom is 0.127 e. The predicted molar refractivity (Wildman–Crippen MR) is 65.7 cm³/mol. The van der Waals surface area contributed by atoms with Crippen molar-refractivity contribution in [2.24, 2.45) is 0 Å². The molecule has 17 heavy (non-hydrogen) atoms. The van der Waals surface area contributed by atoms with Crippen LogP contribution in [-0.2, 0) is 0 Å². The monoisotopic (exact) mass is 225 g/mol. The van der Waals surface area contributed by atoms with Crippen LogP contribution in [0.5, 0.6) is 0 Å². The van der Waals surface area contributed by atoms with Crippen LogP contribution in [0.25, 0.3) is 17.8 Å². The molecule has 0 bridgehead atoms. The average molecular weight is 225 g/mol. The van der Waals surface area contributed by atoms with E-state index in [1.54, 1.807) is 0 Å². The van der Waals surface area contributed by atoms with Crippen molar-refractivity contribution in [2.75, 3.05) is 0 Å². The van der Waals surface area contributed by atoms with Crippen molar-refractivity contribution in [2.45, 2.75) is 0 Å². The fraction of sp³-hybridized carbons (Fsp3) is 0. The van der Waals surface area contributed by atoms with Crippen molar-refractivity contribution < 1.29 is 9.36 Å². The fourth-order valence-electron chi connectivity index (χ4n) is 1.57. The maximum atomic E-state index is 4.58. The van der Waals surface area contributed by atoms with E-state index in [-0.39, 0.29) is 0 Å². The van der Waals surface area contributed by atoms with Crippen molar-refractivity contribution >= 4 is 12.2 Å². The molecular formula is C14H11NO2. The summed E-state index contributed by atoms with van der Waals surface area (Å²) in [7, 11) is 0. The van der Waals surface area contributed by atoms with Gasteiger partial charge in [-0.3, -0.25) is 0 Å². The lowest BCUT2D eigenvalue weighted by Gasteiger charge is -1.94. The normalized spacial score (nSPS) is 11.3. The second kappa shape index (κ2) is 4.22. The van der Waals surface area contributed by atoms with E-state index < -0.39 is 0 Å². The molecule has 0 atom stereocenters. The Morgan fingerprint density at radius 3 is 1.88 bits per heavy atom. The highest BCUT2D eigenvalue weighted by molar-refractivity contribution is 5.69. The molecule has 0 N–H and O–H groups in total. The van der Waals surface area contributed by atoms with Gasteiger partial charge in [0.1, 0.15) is 5.69 Å². The van der Waals surface area contributed by atoms with Gasteiger partial charge >= 0.3 is 0 Å². The van der Waals surface area contributed by atoms with Crippen LogP contribution in [0.3, 0.4) is 0 Å². The first-order valence-corrected chi connectivity index (χ1v) is 5.40. The van der Waals surface area contributed by atoms with E-state index in [0.717, 1.165) is 11.3 Å². The summed E-state index contributed by atoms with van der Waals surface area (Å²) < 4.78 is 9.16. The lowest BCUT2D eigenvalue weighted by atomic mass is 10.1. The molecule has 3 nitrogen and oxygen atoms in total. The van der Waals surface area contributed by atoms with Gasteiger partial charge in [-0.15, -0.1) is 9.36 Å². The van der Waals surface area contributed by atoms with Crippen LogP contribution < -0.4 is 0 Å². The van der Waals surface area contributed by atoms with Crippen LogP contribution in [0.15, 0.2) is 64.0 Å². The molecule has 0 amide bonds. The molecular weight excluding hydrogens is 214 g/mol. The molecule has 0 unspecified atom stereocenters. The number of benzene rings is 2. The lowest BCUT2D eigenvalue weighted by molar-refractivity contribution is 0.264. The van der Waals surface area contributed by atoms with Gasteiger partial charge < -0.3 is 0 Å². The Morgan fingerprint density at radius 1 is 0.706 bits per heavy atom. The van der Waals surface area contributed by atoms with Gasteiger partial charge in [0.05, 0.1) is 4.91 Å². The van der Waals surface area contributed by atoms with Crippen LogP contribution in [-0.4, -0.2) is 4.91 Å². The summed E-state index contributed by atoms with van der Waals surface area (Å²) in [6.07, 6.45) is 4.16. The molecule has 0 spiro atoms. The quantitative estimate of drug-likeness (QED) is 0.501. The van der Waals surface area contributed by atoms with Gasteiger partial charge in [-0.1, -0.05) is 54.6 Å². The highest BCUT2D eigenvalue weighted by Crippen LogP contribution is 2.14. The molecule has 1 heterocycles. The number of hydrogen-bond acceptors (Lipinski definition) is 2. The fourth-order valence-corrected chi connectivity index (χ4v) is 1.57. The van der Waals surface area contributed by atoms with Crippen molar-refractivity contribution in [3.63, 3.8) is 0 Å². The topological polar surface area (TPSA) is 31.2 Å². The summed E-state index contributed by atoms with van der Waals surface area (Å²) in [5.74, 6) is 0. The Bertz CT molecular complexity index is 588. The summed E-state index contributed by atoms with van der Waals surface area (Å²) in [6, 6.07) is 18.1. The molecule has 3 heteroatoms.